The van der Waals surface area contributed by atoms with Crippen LogP contribution in [-0.2, 0) is 11.2 Å². The van der Waals surface area contributed by atoms with Gasteiger partial charge in [0.1, 0.15) is 23.2 Å². The van der Waals surface area contributed by atoms with E-state index in [1.54, 1.807) is 36.5 Å². The summed E-state index contributed by atoms with van der Waals surface area (Å²) in [6.45, 7) is 1.95. The van der Waals surface area contributed by atoms with Crippen molar-refractivity contribution in [2.45, 2.75) is 13.3 Å². The molecule has 4 aromatic rings. The van der Waals surface area contributed by atoms with Crippen LogP contribution in [0.2, 0.25) is 15.1 Å². The van der Waals surface area contributed by atoms with Gasteiger partial charge in [-0.3, -0.25) is 10.1 Å². The Hall–Kier alpha value is -3.08. The van der Waals surface area contributed by atoms with E-state index in [-0.39, 0.29) is 5.57 Å². The number of nitriles is 1. The number of halogens is 3. The first-order valence-electron chi connectivity index (χ1n) is 10.0. The van der Waals surface area contributed by atoms with Gasteiger partial charge in [-0.05, 0) is 54.4 Å². The largest absolute Gasteiger partial charge is 0.457 e. The maximum Gasteiger partial charge on any atom is 0.268 e. The number of hydrogen-bond donors (Lipinski definition) is 1. The molecule has 5 nitrogen and oxygen atoms in total. The van der Waals surface area contributed by atoms with Gasteiger partial charge in [-0.2, -0.15) is 5.26 Å². The summed E-state index contributed by atoms with van der Waals surface area (Å²) in [4.78, 5) is 17.8. The molecule has 0 saturated carbocycles. The number of thiazole rings is 1. The Morgan fingerprint density at radius 2 is 1.94 bits per heavy atom. The van der Waals surface area contributed by atoms with Gasteiger partial charge in [-0.25, -0.2) is 4.98 Å². The van der Waals surface area contributed by atoms with Crippen molar-refractivity contribution in [2.75, 3.05) is 5.32 Å². The third-order valence-electron chi connectivity index (χ3n) is 4.87. The second kappa shape index (κ2) is 10.5. The molecule has 0 unspecified atom stereocenters. The lowest BCUT2D eigenvalue weighted by atomic mass is 10.1. The van der Waals surface area contributed by atoms with Crippen LogP contribution in [0.15, 0.2) is 64.7 Å². The van der Waals surface area contributed by atoms with Gasteiger partial charge in [-0.15, -0.1) is 11.3 Å². The SMILES string of the molecule is Cc1ccc(Cc2cnc(NC(=O)/C(C#N)=C/c3ccc(-c4ccc(Cl)c(Cl)c4)o3)s2)cc1Cl. The Morgan fingerprint density at radius 3 is 2.68 bits per heavy atom. The third-order valence-corrected chi connectivity index (χ3v) is 6.93. The molecule has 0 aliphatic heterocycles. The van der Waals surface area contributed by atoms with E-state index in [9.17, 15) is 10.1 Å². The van der Waals surface area contributed by atoms with Crippen LogP contribution in [0.5, 0.6) is 0 Å². The zero-order chi connectivity index (χ0) is 24.2. The van der Waals surface area contributed by atoms with Gasteiger partial charge in [0.05, 0.1) is 10.0 Å². The average molecular weight is 529 g/mol. The van der Waals surface area contributed by atoms with Gasteiger partial charge in [-0.1, -0.05) is 46.9 Å². The summed E-state index contributed by atoms with van der Waals surface area (Å²) in [6, 6.07) is 16.3. The predicted octanol–water partition coefficient (Wildman–Crippen LogP) is 7.81. The molecule has 1 amide bonds. The molecular weight excluding hydrogens is 513 g/mol. The van der Waals surface area contributed by atoms with Crippen LogP contribution >= 0.6 is 46.1 Å². The molecule has 2 aromatic carbocycles. The average Bonchev–Trinajstić information content (AvgIpc) is 3.46. The van der Waals surface area contributed by atoms with Crippen molar-refractivity contribution in [3.8, 4) is 17.4 Å². The zero-order valence-electron chi connectivity index (χ0n) is 17.7. The molecule has 2 heterocycles. The van der Waals surface area contributed by atoms with Gasteiger partial charge >= 0.3 is 0 Å². The Kier molecular flexibility index (Phi) is 7.40. The lowest BCUT2D eigenvalue weighted by Crippen LogP contribution is -2.13. The number of carbonyl (C=O) groups excluding carboxylic acids is 1. The van der Waals surface area contributed by atoms with E-state index >= 15 is 0 Å². The monoisotopic (exact) mass is 527 g/mol. The summed E-state index contributed by atoms with van der Waals surface area (Å²) in [5, 5.41) is 14.1. The summed E-state index contributed by atoms with van der Waals surface area (Å²) in [7, 11) is 0. The quantitative estimate of drug-likeness (QED) is 0.204. The molecular formula is C25H16Cl3N3O2S. The van der Waals surface area contributed by atoms with Crippen LogP contribution in [0.3, 0.4) is 0 Å². The topological polar surface area (TPSA) is 78.9 Å². The van der Waals surface area contributed by atoms with E-state index in [4.69, 9.17) is 39.2 Å². The Balaban J connectivity index is 1.45. The van der Waals surface area contributed by atoms with Crippen LogP contribution in [0.25, 0.3) is 17.4 Å². The highest BCUT2D eigenvalue weighted by atomic mass is 35.5. The molecule has 34 heavy (non-hydrogen) atoms. The minimum absolute atomic E-state index is 0.114. The molecule has 0 spiro atoms. The molecule has 170 valence electrons. The highest BCUT2D eigenvalue weighted by molar-refractivity contribution is 7.15. The lowest BCUT2D eigenvalue weighted by molar-refractivity contribution is -0.112. The minimum Gasteiger partial charge on any atom is -0.457 e. The van der Waals surface area contributed by atoms with E-state index in [0.29, 0.717) is 38.1 Å². The molecule has 0 atom stereocenters. The van der Waals surface area contributed by atoms with E-state index in [2.05, 4.69) is 10.3 Å². The minimum atomic E-state index is -0.575. The summed E-state index contributed by atoms with van der Waals surface area (Å²) in [5.41, 5.74) is 2.67. The van der Waals surface area contributed by atoms with E-state index < -0.39 is 5.91 Å². The first kappa shape index (κ1) is 24.1. The first-order chi connectivity index (χ1) is 16.3. The van der Waals surface area contributed by atoms with Crippen molar-refractivity contribution in [3.63, 3.8) is 0 Å². The summed E-state index contributed by atoms with van der Waals surface area (Å²) >= 11 is 19.5. The molecule has 0 bridgehead atoms. The lowest BCUT2D eigenvalue weighted by Gasteiger charge is -2.02. The zero-order valence-corrected chi connectivity index (χ0v) is 20.8. The number of furan rings is 1. The Bertz CT molecular complexity index is 1450. The smallest absolute Gasteiger partial charge is 0.268 e. The number of hydrogen-bond acceptors (Lipinski definition) is 5. The molecule has 0 aliphatic rings. The molecule has 2 aromatic heterocycles. The van der Waals surface area contributed by atoms with Crippen molar-refractivity contribution in [2.24, 2.45) is 0 Å². The van der Waals surface area contributed by atoms with Crippen LogP contribution in [0.1, 0.15) is 21.8 Å². The van der Waals surface area contributed by atoms with Crippen LogP contribution in [-0.4, -0.2) is 10.9 Å². The summed E-state index contributed by atoms with van der Waals surface area (Å²) in [6.07, 6.45) is 3.71. The molecule has 0 fully saturated rings. The molecule has 4 rings (SSSR count). The number of nitrogens with one attached hydrogen (secondary N) is 1. The Labute approximate surface area is 215 Å². The van der Waals surface area contributed by atoms with Crippen molar-refractivity contribution in [3.05, 3.63) is 97.1 Å². The summed E-state index contributed by atoms with van der Waals surface area (Å²) in [5.74, 6) is 0.307. The number of amides is 1. The molecule has 0 radical (unpaired) electrons. The van der Waals surface area contributed by atoms with Crippen molar-refractivity contribution in [1.82, 2.24) is 4.98 Å². The van der Waals surface area contributed by atoms with Crippen molar-refractivity contribution < 1.29 is 9.21 Å². The first-order valence-corrected chi connectivity index (χ1v) is 12.0. The second-order valence-electron chi connectivity index (χ2n) is 7.35. The standard InChI is InChI=1S/C25H16Cl3N3O2S/c1-14-2-3-15(9-21(14)27)8-19-13-30-25(34-19)31-24(32)17(12-29)10-18-5-7-23(33-18)16-4-6-20(26)22(28)11-16/h2-7,9-11,13H,8H2,1H3,(H,30,31,32)/b17-10+. The number of rotatable bonds is 6. The molecule has 1 N–H and O–H groups in total. The third kappa shape index (κ3) is 5.69. The second-order valence-corrected chi connectivity index (χ2v) is 9.68. The maximum absolute atomic E-state index is 12.6. The number of aryl methyl sites for hydroxylation is 1. The number of benzene rings is 2. The normalized spacial score (nSPS) is 11.3. The molecule has 0 saturated heterocycles. The van der Waals surface area contributed by atoms with Gasteiger partial charge < -0.3 is 4.42 Å². The Morgan fingerprint density at radius 1 is 1.12 bits per heavy atom. The van der Waals surface area contributed by atoms with Gasteiger partial charge in [0.25, 0.3) is 5.91 Å². The molecule has 9 heteroatoms. The van der Waals surface area contributed by atoms with Gasteiger partial charge in [0.15, 0.2) is 5.13 Å². The number of anilines is 1. The van der Waals surface area contributed by atoms with Crippen LogP contribution < -0.4 is 5.32 Å². The number of nitrogens with zero attached hydrogens (tertiary/aromatic N) is 2. The fourth-order valence-corrected chi connectivity index (χ4v) is 4.43. The summed E-state index contributed by atoms with van der Waals surface area (Å²) < 4.78 is 5.75. The maximum atomic E-state index is 12.6. The van der Waals surface area contributed by atoms with E-state index in [1.165, 1.54) is 17.4 Å². The fraction of sp³-hybridized carbons (Fsp3) is 0.0800. The number of carbonyl (C=O) groups is 1. The molecule has 0 aliphatic carbocycles. The van der Waals surface area contributed by atoms with Crippen molar-refractivity contribution >= 4 is 63.3 Å². The van der Waals surface area contributed by atoms with Gasteiger partial charge in [0, 0.05) is 34.2 Å². The van der Waals surface area contributed by atoms with E-state index in [1.807, 2.05) is 31.2 Å². The van der Waals surface area contributed by atoms with Crippen molar-refractivity contribution in [1.29, 1.82) is 5.26 Å². The highest BCUT2D eigenvalue weighted by Crippen LogP contribution is 2.30. The van der Waals surface area contributed by atoms with Gasteiger partial charge in [0.2, 0.25) is 0 Å². The van der Waals surface area contributed by atoms with E-state index in [0.717, 1.165) is 21.6 Å². The fourth-order valence-electron chi connectivity index (χ4n) is 3.08. The van der Waals surface area contributed by atoms with Crippen LogP contribution in [0, 0.1) is 18.3 Å². The predicted molar refractivity (Wildman–Crippen MR) is 137 cm³/mol. The highest BCUT2D eigenvalue weighted by Gasteiger charge is 2.14. The van der Waals surface area contributed by atoms with Crippen LogP contribution in [0.4, 0.5) is 5.13 Å². The number of aromatic nitrogens is 1.